The van der Waals surface area contributed by atoms with Crippen molar-refractivity contribution in [3.63, 3.8) is 0 Å². The second-order valence-electron chi connectivity index (χ2n) is 12.6. The number of benzene rings is 7. The quantitative estimate of drug-likeness (QED) is 0.177. The third-order valence-corrected chi connectivity index (χ3v) is 10.8. The second-order valence-corrected chi connectivity index (χ2v) is 13.6. The van der Waals surface area contributed by atoms with Gasteiger partial charge in [-0.25, -0.2) is 0 Å². The number of nitrogens with zero attached hydrogens (tertiary/aromatic N) is 2. The summed E-state index contributed by atoms with van der Waals surface area (Å²) in [6.45, 7) is 0. The van der Waals surface area contributed by atoms with E-state index in [1.807, 2.05) is 23.5 Å². The lowest BCUT2D eigenvalue weighted by Crippen LogP contribution is -2.07. The van der Waals surface area contributed by atoms with Crippen LogP contribution in [0.2, 0.25) is 0 Å². The van der Waals surface area contributed by atoms with Gasteiger partial charge in [-0.15, -0.1) is 11.3 Å². The van der Waals surface area contributed by atoms with E-state index in [9.17, 15) is 0 Å². The average Bonchev–Trinajstić information content (AvgIpc) is 3.90. The number of aromatic nitrogens is 1. The molecule has 0 aliphatic rings. The predicted molar refractivity (Wildman–Crippen MR) is 211 cm³/mol. The van der Waals surface area contributed by atoms with Crippen LogP contribution < -0.4 is 4.90 Å². The summed E-state index contributed by atoms with van der Waals surface area (Å²) in [6, 6.07) is 65.0. The number of anilines is 3. The van der Waals surface area contributed by atoms with E-state index in [2.05, 4.69) is 179 Å². The SMILES string of the molecule is c1ccc(N(c2ccc(-c3ccc4oc5ccccc5c4c3)cc2)c2ccc(-c3ccc4c(c3)c3ccccc3n4-c3ccccc3)s2)cc1. The van der Waals surface area contributed by atoms with Gasteiger partial charge in [0.15, 0.2) is 0 Å². The molecule has 0 fully saturated rings. The van der Waals surface area contributed by atoms with E-state index >= 15 is 0 Å². The Morgan fingerprint density at radius 2 is 1.04 bits per heavy atom. The third-order valence-electron chi connectivity index (χ3n) is 9.63. The first-order valence-corrected chi connectivity index (χ1v) is 17.7. The lowest BCUT2D eigenvalue weighted by atomic mass is 10.0. The molecule has 0 N–H and O–H groups in total. The molecule has 50 heavy (non-hydrogen) atoms. The van der Waals surface area contributed by atoms with Crippen molar-refractivity contribution in [2.45, 2.75) is 0 Å². The van der Waals surface area contributed by atoms with Crippen LogP contribution in [0.15, 0.2) is 186 Å². The fraction of sp³-hybridized carbons (Fsp3) is 0. The second kappa shape index (κ2) is 11.7. The lowest BCUT2D eigenvalue weighted by molar-refractivity contribution is 0.669. The van der Waals surface area contributed by atoms with Gasteiger partial charge in [-0.3, -0.25) is 0 Å². The molecule has 0 spiro atoms. The van der Waals surface area contributed by atoms with E-state index in [-0.39, 0.29) is 0 Å². The normalized spacial score (nSPS) is 11.6. The zero-order valence-corrected chi connectivity index (χ0v) is 27.8. The molecule has 0 amide bonds. The van der Waals surface area contributed by atoms with Crippen LogP contribution in [0.3, 0.4) is 0 Å². The topological polar surface area (TPSA) is 21.3 Å². The minimum atomic E-state index is 0.913. The summed E-state index contributed by atoms with van der Waals surface area (Å²) in [5.41, 5.74) is 11.2. The summed E-state index contributed by atoms with van der Waals surface area (Å²) in [5, 5.41) is 5.97. The molecule has 10 aromatic rings. The van der Waals surface area contributed by atoms with Gasteiger partial charge in [0.2, 0.25) is 0 Å². The number of fused-ring (bicyclic) bond motifs is 6. The average molecular weight is 659 g/mol. The Morgan fingerprint density at radius 3 is 1.88 bits per heavy atom. The summed E-state index contributed by atoms with van der Waals surface area (Å²) < 4.78 is 8.44. The molecule has 7 aromatic carbocycles. The molecule has 4 heteroatoms. The summed E-state index contributed by atoms with van der Waals surface area (Å²) >= 11 is 1.81. The summed E-state index contributed by atoms with van der Waals surface area (Å²) in [6.07, 6.45) is 0. The van der Waals surface area contributed by atoms with E-state index in [0.717, 1.165) is 38.3 Å². The van der Waals surface area contributed by atoms with Gasteiger partial charge in [-0.05, 0) is 102 Å². The summed E-state index contributed by atoms with van der Waals surface area (Å²) in [4.78, 5) is 3.58. The van der Waals surface area contributed by atoms with Gasteiger partial charge in [-0.2, -0.15) is 0 Å². The molecule has 3 heterocycles. The molecule has 0 saturated carbocycles. The standard InChI is InChI=1S/C46H30N2OS/c1-3-11-34(12-4-1)47(36-23-19-31(20-24-36)32-22-26-44-40(29-32)38-16-8-10-18-43(38)49-44)46-28-27-45(50-46)33-21-25-42-39(30-33)37-15-7-9-17-41(37)48(42)35-13-5-2-6-14-35/h1-30H. The Bertz CT molecular complexity index is 2810. The van der Waals surface area contributed by atoms with Gasteiger partial charge in [0, 0.05) is 43.5 Å². The monoisotopic (exact) mass is 658 g/mol. The number of thiophene rings is 1. The van der Waals surface area contributed by atoms with E-state index in [0.29, 0.717) is 0 Å². The van der Waals surface area contributed by atoms with Crippen LogP contribution in [0.25, 0.3) is 71.0 Å². The largest absolute Gasteiger partial charge is 0.456 e. The van der Waals surface area contributed by atoms with Crippen molar-refractivity contribution in [2.75, 3.05) is 4.90 Å². The lowest BCUT2D eigenvalue weighted by Gasteiger charge is -2.23. The Kier molecular flexibility index (Phi) is 6.68. The Hall–Kier alpha value is -6.36. The molecule has 0 radical (unpaired) electrons. The molecule has 0 aliphatic carbocycles. The minimum Gasteiger partial charge on any atom is -0.456 e. The number of hydrogen-bond acceptors (Lipinski definition) is 3. The van der Waals surface area contributed by atoms with Gasteiger partial charge in [0.1, 0.15) is 16.2 Å². The van der Waals surface area contributed by atoms with Gasteiger partial charge in [0.05, 0.1) is 11.0 Å². The Labute approximate surface area is 293 Å². The zero-order chi connectivity index (χ0) is 33.0. The van der Waals surface area contributed by atoms with Gasteiger partial charge >= 0.3 is 0 Å². The minimum absolute atomic E-state index is 0.913. The molecule has 3 aromatic heterocycles. The zero-order valence-electron chi connectivity index (χ0n) is 27.0. The first-order chi connectivity index (χ1) is 24.8. The molecule has 0 aliphatic heterocycles. The van der Waals surface area contributed by atoms with E-state index < -0.39 is 0 Å². The van der Waals surface area contributed by atoms with Crippen molar-refractivity contribution >= 4 is 71.5 Å². The molecule has 0 bridgehead atoms. The molecule has 0 unspecified atom stereocenters. The predicted octanol–water partition coefficient (Wildman–Crippen LogP) is 13.5. The molecule has 236 valence electrons. The van der Waals surface area contributed by atoms with Gasteiger partial charge < -0.3 is 13.9 Å². The van der Waals surface area contributed by atoms with Crippen LogP contribution in [0.1, 0.15) is 0 Å². The molecule has 0 saturated heterocycles. The third kappa shape index (κ3) is 4.73. The summed E-state index contributed by atoms with van der Waals surface area (Å²) in [7, 11) is 0. The highest BCUT2D eigenvalue weighted by Gasteiger charge is 2.18. The first-order valence-electron chi connectivity index (χ1n) is 16.8. The highest BCUT2D eigenvalue weighted by atomic mass is 32.1. The first kappa shape index (κ1) is 28.6. The van der Waals surface area contributed by atoms with E-state index in [4.69, 9.17) is 4.42 Å². The fourth-order valence-corrected chi connectivity index (χ4v) is 8.32. The molecular weight excluding hydrogens is 629 g/mol. The van der Waals surface area contributed by atoms with E-state index in [1.54, 1.807) is 0 Å². The fourth-order valence-electron chi connectivity index (χ4n) is 7.27. The van der Waals surface area contributed by atoms with Gasteiger partial charge in [-0.1, -0.05) is 97.1 Å². The van der Waals surface area contributed by atoms with Crippen LogP contribution in [-0.4, -0.2) is 4.57 Å². The van der Waals surface area contributed by atoms with Crippen LogP contribution >= 0.6 is 11.3 Å². The van der Waals surface area contributed by atoms with Gasteiger partial charge in [0.25, 0.3) is 0 Å². The molecule has 10 rings (SSSR count). The van der Waals surface area contributed by atoms with Crippen molar-refractivity contribution in [3.8, 4) is 27.3 Å². The number of para-hydroxylation sites is 4. The molecule has 0 atom stereocenters. The number of hydrogen-bond donors (Lipinski definition) is 0. The number of furan rings is 1. The molecule has 3 nitrogen and oxygen atoms in total. The van der Waals surface area contributed by atoms with Crippen LogP contribution in [-0.2, 0) is 0 Å². The van der Waals surface area contributed by atoms with Crippen molar-refractivity contribution in [1.29, 1.82) is 0 Å². The van der Waals surface area contributed by atoms with Crippen LogP contribution in [0.5, 0.6) is 0 Å². The Morgan fingerprint density at radius 1 is 0.420 bits per heavy atom. The smallest absolute Gasteiger partial charge is 0.135 e. The van der Waals surface area contributed by atoms with Crippen molar-refractivity contribution in [1.82, 2.24) is 4.57 Å². The number of rotatable bonds is 6. The molecular formula is C46H30N2OS. The maximum Gasteiger partial charge on any atom is 0.135 e. The van der Waals surface area contributed by atoms with Crippen molar-refractivity contribution in [2.24, 2.45) is 0 Å². The Balaban J connectivity index is 1.03. The summed E-state index contributed by atoms with van der Waals surface area (Å²) in [5.74, 6) is 0. The highest BCUT2D eigenvalue weighted by Crippen LogP contribution is 2.44. The maximum absolute atomic E-state index is 6.08. The maximum atomic E-state index is 6.08. The van der Waals surface area contributed by atoms with E-state index in [1.165, 1.54) is 49.1 Å². The van der Waals surface area contributed by atoms with Crippen LogP contribution in [0.4, 0.5) is 16.4 Å². The highest BCUT2D eigenvalue weighted by molar-refractivity contribution is 7.19. The van der Waals surface area contributed by atoms with Crippen molar-refractivity contribution < 1.29 is 4.42 Å². The van der Waals surface area contributed by atoms with Crippen LogP contribution in [0, 0.1) is 0 Å². The van der Waals surface area contributed by atoms with Crippen molar-refractivity contribution in [3.05, 3.63) is 182 Å².